The van der Waals surface area contributed by atoms with E-state index < -0.39 is 0 Å². The predicted molar refractivity (Wildman–Crippen MR) is 121 cm³/mol. The van der Waals surface area contributed by atoms with Crippen LogP contribution in [-0.4, -0.2) is 30.6 Å². The summed E-state index contributed by atoms with van der Waals surface area (Å²) in [6.07, 6.45) is 2.65. The van der Waals surface area contributed by atoms with E-state index in [9.17, 15) is 0 Å². The fourth-order valence-electron chi connectivity index (χ4n) is 4.11. The molecule has 3 heterocycles. The maximum absolute atomic E-state index is 6.24. The second-order valence-electron chi connectivity index (χ2n) is 7.65. The molecule has 1 unspecified atom stereocenters. The standard InChI is InChI=1S/C22H27ClN2O.2ClH/c1-16-2-4-17(5-3-16)15-26-22-7-6-20(23)12-19(22)13-24-21-14-25-10-8-18(21)9-11-25;;/h2-7,12,18,21,24H,8-11,13-15H2,1H3;2*1H. The Morgan fingerprint density at radius 2 is 1.79 bits per heavy atom. The monoisotopic (exact) mass is 442 g/mol. The molecular weight excluding hydrogens is 415 g/mol. The molecule has 1 atom stereocenters. The molecule has 0 aromatic heterocycles. The molecule has 0 aliphatic carbocycles. The summed E-state index contributed by atoms with van der Waals surface area (Å²) in [7, 11) is 0. The molecule has 6 heteroatoms. The molecule has 3 aliphatic heterocycles. The van der Waals surface area contributed by atoms with Crippen LogP contribution in [0.2, 0.25) is 5.02 Å². The summed E-state index contributed by atoms with van der Waals surface area (Å²) in [4.78, 5) is 2.57. The molecule has 3 nitrogen and oxygen atoms in total. The topological polar surface area (TPSA) is 24.5 Å². The zero-order chi connectivity index (χ0) is 17.9. The maximum atomic E-state index is 6.24. The van der Waals surface area contributed by atoms with Crippen molar-refractivity contribution in [2.45, 2.75) is 39.0 Å². The molecule has 3 saturated heterocycles. The smallest absolute Gasteiger partial charge is 0.124 e. The molecule has 1 N–H and O–H groups in total. The van der Waals surface area contributed by atoms with E-state index in [1.165, 1.54) is 43.6 Å². The zero-order valence-electron chi connectivity index (χ0n) is 16.2. The van der Waals surface area contributed by atoms with Crippen molar-refractivity contribution in [3.05, 3.63) is 64.2 Å². The number of ether oxygens (including phenoxy) is 1. The van der Waals surface area contributed by atoms with Crippen molar-refractivity contribution in [2.24, 2.45) is 5.92 Å². The maximum Gasteiger partial charge on any atom is 0.124 e. The molecule has 5 rings (SSSR count). The minimum absolute atomic E-state index is 0. The molecule has 2 aromatic carbocycles. The summed E-state index contributed by atoms with van der Waals surface area (Å²) >= 11 is 6.24. The van der Waals surface area contributed by atoms with Crippen molar-refractivity contribution < 1.29 is 4.74 Å². The lowest BCUT2D eigenvalue weighted by Crippen LogP contribution is -2.55. The van der Waals surface area contributed by atoms with Crippen LogP contribution in [0.3, 0.4) is 0 Å². The average molecular weight is 444 g/mol. The molecule has 0 amide bonds. The average Bonchev–Trinajstić information content (AvgIpc) is 2.68. The van der Waals surface area contributed by atoms with Crippen LogP contribution in [0.4, 0.5) is 0 Å². The van der Waals surface area contributed by atoms with Crippen LogP contribution >= 0.6 is 36.4 Å². The summed E-state index contributed by atoms with van der Waals surface area (Å²) in [5, 5.41) is 4.52. The van der Waals surface area contributed by atoms with Gasteiger partial charge in [-0.1, -0.05) is 41.4 Å². The molecule has 154 valence electrons. The molecule has 0 saturated carbocycles. The van der Waals surface area contributed by atoms with Gasteiger partial charge >= 0.3 is 0 Å². The van der Waals surface area contributed by atoms with Gasteiger partial charge in [0.05, 0.1) is 0 Å². The molecule has 0 radical (unpaired) electrons. The Morgan fingerprint density at radius 1 is 1.07 bits per heavy atom. The third-order valence-electron chi connectivity index (χ3n) is 5.75. The number of nitrogens with one attached hydrogen (secondary N) is 1. The summed E-state index contributed by atoms with van der Waals surface area (Å²) in [5.41, 5.74) is 3.59. The SMILES string of the molecule is Cc1ccc(COc2ccc(Cl)cc2CNC2CN3CCC2CC3)cc1.Cl.Cl. The highest BCUT2D eigenvalue weighted by Crippen LogP contribution is 2.29. The minimum Gasteiger partial charge on any atom is -0.489 e. The highest BCUT2D eigenvalue weighted by molar-refractivity contribution is 6.30. The van der Waals surface area contributed by atoms with Crippen molar-refractivity contribution in [1.82, 2.24) is 10.2 Å². The van der Waals surface area contributed by atoms with Crippen LogP contribution in [0, 0.1) is 12.8 Å². The lowest BCUT2D eigenvalue weighted by Gasteiger charge is -2.45. The summed E-state index contributed by atoms with van der Waals surface area (Å²) in [5.74, 6) is 1.74. The van der Waals surface area contributed by atoms with Gasteiger partial charge in [0.2, 0.25) is 0 Å². The van der Waals surface area contributed by atoms with Gasteiger partial charge in [-0.2, -0.15) is 0 Å². The Kier molecular flexibility index (Phi) is 8.91. The predicted octanol–water partition coefficient (Wildman–Crippen LogP) is 5.25. The summed E-state index contributed by atoms with van der Waals surface area (Å²) < 4.78 is 6.11. The van der Waals surface area contributed by atoms with Gasteiger partial charge in [-0.05, 0) is 62.5 Å². The van der Waals surface area contributed by atoms with Gasteiger partial charge < -0.3 is 15.0 Å². The fourth-order valence-corrected chi connectivity index (χ4v) is 4.30. The van der Waals surface area contributed by atoms with Gasteiger partial charge in [0, 0.05) is 29.7 Å². The van der Waals surface area contributed by atoms with Crippen molar-refractivity contribution in [3.63, 3.8) is 0 Å². The molecule has 3 aliphatic rings. The normalized spacial score (nSPS) is 22.9. The van der Waals surface area contributed by atoms with Gasteiger partial charge in [-0.15, -0.1) is 24.8 Å². The molecular formula is C22H29Cl3N2O. The second kappa shape index (κ2) is 10.7. The Labute approximate surface area is 185 Å². The minimum atomic E-state index is 0. The van der Waals surface area contributed by atoms with E-state index in [2.05, 4.69) is 41.4 Å². The van der Waals surface area contributed by atoms with Crippen molar-refractivity contribution in [2.75, 3.05) is 19.6 Å². The van der Waals surface area contributed by atoms with Gasteiger partial charge in [-0.3, -0.25) is 0 Å². The van der Waals surface area contributed by atoms with Crippen LogP contribution in [0.1, 0.15) is 29.5 Å². The van der Waals surface area contributed by atoms with E-state index in [1.54, 1.807) is 0 Å². The zero-order valence-corrected chi connectivity index (χ0v) is 18.6. The van der Waals surface area contributed by atoms with Crippen molar-refractivity contribution >= 4 is 36.4 Å². The fraction of sp³-hybridized carbons (Fsp3) is 0.455. The molecule has 0 spiro atoms. The van der Waals surface area contributed by atoms with E-state index in [-0.39, 0.29) is 24.8 Å². The number of halogens is 3. The molecule has 2 aromatic rings. The van der Waals surface area contributed by atoms with Gasteiger partial charge in [0.1, 0.15) is 12.4 Å². The van der Waals surface area contributed by atoms with Gasteiger partial charge in [-0.25, -0.2) is 0 Å². The Hall–Kier alpha value is -0.970. The Balaban J connectivity index is 0.00000140. The first-order valence-corrected chi connectivity index (χ1v) is 9.98. The van der Waals surface area contributed by atoms with E-state index in [0.717, 1.165) is 28.8 Å². The first kappa shape index (κ1) is 23.3. The summed E-state index contributed by atoms with van der Waals surface area (Å²) in [6.45, 7) is 7.19. The lowest BCUT2D eigenvalue weighted by molar-refractivity contribution is 0.0718. The number of hydrogen-bond acceptors (Lipinski definition) is 3. The number of rotatable bonds is 6. The van der Waals surface area contributed by atoms with Crippen LogP contribution in [0.5, 0.6) is 5.75 Å². The van der Waals surface area contributed by atoms with Crippen LogP contribution < -0.4 is 10.1 Å². The Bertz CT molecular complexity index is 746. The number of hydrogen-bond donors (Lipinski definition) is 1. The quantitative estimate of drug-likeness (QED) is 0.659. The van der Waals surface area contributed by atoms with Crippen LogP contribution in [0.15, 0.2) is 42.5 Å². The van der Waals surface area contributed by atoms with E-state index in [1.807, 2.05) is 18.2 Å². The molecule has 2 bridgehead atoms. The molecule has 3 fully saturated rings. The van der Waals surface area contributed by atoms with Gasteiger partial charge in [0.25, 0.3) is 0 Å². The highest BCUT2D eigenvalue weighted by atomic mass is 35.5. The number of fused-ring (bicyclic) bond motifs is 3. The summed E-state index contributed by atoms with van der Waals surface area (Å²) in [6, 6.07) is 15.0. The molecule has 28 heavy (non-hydrogen) atoms. The number of nitrogens with zero attached hydrogens (tertiary/aromatic N) is 1. The third-order valence-corrected chi connectivity index (χ3v) is 5.98. The van der Waals surface area contributed by atoms with Crippen molar-refractivity contribution in [1.29, 1.82) is 0 Å². The lowest BCUT2D eigenvalue weighted by atomic mass is 9.84. The van der Waals surface area contributed by atoms with Crippen molar-refractivity contribution in [3.8, 4) is 5.75 Å². The number of aryl methyl sites for hydroxylation is 1. The van der Waals surface area contributed by atoms with E-state index >= 15 is 0 Å². The second-order valence-corrected chi connectivity index (χ2v) is 8.09. The van der Waals surface area contributed by atoms with Crippen LogP contribution in [-0.2, 0) is 13.2 Å². The Morgan fingerprint density at radius 3 is 2.43 bits per heavy atom. The van der Waals surface area contributed by atoms with Crippen LogP contribution in [0.25, 0.3) is 0 Å². The van der Waals surface area contributed by atoms with E-state index in [4.69, 9.17) is 16.3 Å². The number of piperidine rings is 3. The third kappa shape index (κ3) is 5.77. The van der Waals surface area contributed by atoms with E-state index in [0.29, 0.717) is 12.6 Å². The number of benzene rings is 2. The first-order chi connectivity index (χ1) is 12.7. The van der Waals surface area contributed by atoms with Gasteiger partial charge in [0.15, 0.2) is 0 Å². The highest BCUT2D eigenvalue weighted by Gasteiger charge is 2.33. The largest absolute Gasteiger partial charge is 0.489 e. The first-order valence-electron chi connectivity index (χ1n) is 9.60.